The van der Waals surface area contributed by atoms with Gasteiger partial charge in [-0.1, -0.05) is 78.9 Å². The van der Waals surface area contributed by atoms with Crippen molar-refractivity contribution >= 4 is 21.8 Å². The Kier molecular flexibility index (Phi) is 5.44. The first kappa shape index (κ1) is 22.1. The maximum Gasteiger partial charge on any atom is 0.248 e. The largest absolute Gasteiger partial charge is 0.489 e. The molecule has 0 amide bonds. The molecule has 0 fully saturated rings. The van der Waals surface area contributed by atoms with Gasteiger partial charge in [0.2, 0.25) is 11.8 Å². The number of fused-ring (bicyclic) bond motifs is 3. The van der Waals surface area contributed by atoms with Gasteiger partial charge in [-0.3, -0.25) is 0 Å². The van der Waals surface area contributed by atoms with Gasteiger partial charge in [-0.15, -0.1) is 10.2 Å². The van der Waals surface area contributed by atoms with Crippen molar-refractivity contribution in [2.75, 3.05) is 0 Å². The van der Waals surface area contributed by atoms with E-state index in [0.717, 1.165) is 39.2 Å². The Labute approximate surface area is 219 Å². The summed E-state index contributed by atoms with van der Waals surface area (Å²) in [4.78, 5) is 0. The predicted molar refractivity (Wildman–Crippen MR) is 150 cm³/mol. The molecule has 0 saturated carbocycles. The van der Waals surface area contributed by atoms with Gasteiger partial charge < -0.3 is 13.7 Å². The molecule has 0 aliphatic heterocycles. The molecule has 2 aromatic heterocycles. The number of hydrogen-bond donors (Lipinski definition) is 0. The van der Waals surface area contributed by atoms with Gasteiger partial charge in [-0.05, 0) is 54.1 Å². The highest BCUT2D eigenvalue weighted by Gasteiger charge is 2.15. The van der Waals surface area contributed by atoms with Crippen LogP contribution < -0.4 is 4.74 Å². The van der Waals surface area contributed by atoms with Crippen molar-refractivity contribution < 1.29 is 9.15 Å². The molecule has 0 aliphatic rings. The lowest BCUT2D eigenvalue weighted by molar-refractivity contribution is 0.306. The number of aromatic nitrogens is 3. The normalized spacial score (nSPS) is 11.3. The average molecular weight is 494 g/mol. The second-order valence-corrected chi connectivity index (χ2v) is 9.13. The predicted octanol–water partition coefficient (Wildman–Crippen LogP) is 8.08. The lowest BCUT2D eigenvalue weighted by atomic mass is 10.2. The zero-order valence-electron chi connectivity index (χ0n) is 20.5. The van der Waals surface area contributed by atoms with Gasteiger partial charge >= 0.3 is 0 Å². The summed E-state index contributed by atoms with van der Waals surface area (Å²) in [6.45, 7) is 0.495. The Bertz CT molecular complexity index is 1830. The highest BCUT2D eigenvalue weighted by atomic mass is 16.5. The summed E-state index contributed by atoms with van der Waals surface area (Å²) in [6, 6.07) is 43.0. The van der Waals surface area contributed by atoms with Crippen molar-refractivity contribution in [2.24, 2.45) is 0 Å². The van der Waals surface area contributed by atoms with E-state index in [4.69, 9.17) is 9.15 Å². The fourth-order valence-electron chi connectivity index (χ4n) is 4.90. The Balaban J connectivity index is 1.21. The molecule has 0 unspecified atom stereocenters. The molecule has 2 heterocycles. The van der Waals surface area contributed by atoms with Gasteiger partial charge in [0.1, 0.15) is 12.4 Å². The summed E-state index contributed by atoms with van der Waals surface area (Å²) in [6.07, 6.45) is 0. The number of hydrogen-bond acceptors (Lipinski definition) is 4. The van der Waals surface area contributed by atoms with Gasteiger partial charge in [0.25, 0.3) is 0 Å². The molecule has 0 N–H and O–H groups in total. The van der Waals surface area contributed by atoms with Crippen molar-refractivity contribution in [1.82, 2.24) is 14.8 Å². The average Bonchev–Trinajstić information content (AvgIpc) is 3.61. The lowest BCUT2D eigenvalue weighted by Crippen LogP contribution is -1.95. The minimum Gasteiger partial charge on any atom is -0.489 e. The first-order chi connectivity index (χ1) is 18.8. The van der Waals surface area contributed by atoms with Crippen molar-refractivity contribution in [3.05, 3.63) is 133 Å². The molecule has 0 radical (unpaired) electrons. The Morgan fingerprint density at radius 1 is 0.579 bits per heavy atom. The molecular weight excluding hydrogens is 470 g/mol. The Morgan fingerprint density at radius 2 is 1.18 bits per heavy atom. The molecule has 5 aromatic carbocycles. The quantitative estimate of drug-likeness (QED) is 0.235. The summed E-state index contributed by atoms with van der Waals surface area (Å²) >= 11 is 0. The van der Waals surface area contributed by atoms with E-state index in [1.165, 1.54) is 10.8 Å². The fraction of sp³-hybridized carbons (Fsp3) is 0.0303. The number of nitrogens with zero attached hydrogens (tertiary/aromatic N) is 3. The Morgan fingerprint density at radius 3 is 1.89 bits per heavy atom. The highest BCUT2D eigenvalue weighted by Crippen LogP contribution is 2.33. The minimum atomic E-state index is 0.451. The van der Waals surface area contributed by atoms with Crippen LogP contribution in [0, 0.1) is 0 Å². The fourth-order valence-corrected chi connectivity index (χ4v) is 4.90. The van der Waals surface area contributed by atoms with Crippen molar-refractivity contribution in [2.45, 2.75) is 6.61 Å². The molecule has 0 saturated heterocycles. The van der Waals surface area contributed by atoms with Gasteiger partial charge in [-0.25, -0.2) is 0 Å². The van der Waals surface area contributed by atoms with Gasteiger partial charge in [0.15, 0.2) is 0 Å². The van der Waals surface area contributed by atoms with Crippen LogP contribution in [0.2, 0.25) is 0 Å². The van der Waals surface area contributed by atoms with Crippen molar-refractivity contribution in [3.63, 3.8) is 0 Å². The molecule has 5 heteroatoms. The first-order valence-electron chi connectivity index (χ1n) is 12.5. The standard InChI is InChI=1S/C33H23N3O2/c1-2-10-23(11-3-1)22-37-27-15-9-13-25(21-27)33-35-34-32(38-33)24-12-8-14-26(20-24)36-30-18-6-4-16-28(30)29-17-5-7-19-31(29)36/h1-21H,22H2. The van der Waals surface area contributed by atoms with Gasteiger partial charge in [0, 0.05) is 27.6 Å². The van der Waals surface area contributed by atoms with E-state index in [1.807, 2.05) is 66.7 Å². The third-order valence-electron chi connectivity index (χ3n) is 6.69. The highest BCUT2D eigenvalue weighted by molar-refractivity contribution is 6.09. The molecule has 5 nitrogen and oxygen atoms in total. The second kappa shape index (κ2) is 9.37. The van der Waals surface area contributed by atoms with Gasteiger partial charge in [-0.2, -0.15) is 0 Å². The van der Waals surface area contributed by atoms with Crippen LogP contribution >= 0.6 is 0 Å². The summed E-state index contributed by atoms with van der Waals surface area (Å²) < 4.78 is 14.4. The molecule has 7 aromatic rings. The SMILES string of the molecule is c1ccc(COc2cccc(-c3nnc(-c4cccc(-n5c6ccccc6c6ccccc65)c4)o3)c2)cc1. The van der Waals surface area contributed by atoms with Crippen molar-refractivity contribution in [3.8, 4) is 34.3 Å². The van der Waals surface area contributed by atoms with Crippen molar-refractivity contribution in [1.29, 1.82) is 0 Å². The molecule has 0 bridgehead atoms. The van der Waals surface area contributed by atoms with E-state index >= 15 is 0 Å². The molecule has 0 atom stereocenters. The van der Waals surface area contributed by atoms with E-state index in [9.17, 15) is 0 Å². The zero-order chi connectivity index (χ0) is 25.3. The van der Waals surface area contributed by atoms with Crippen LogP contribution in [0.3, 0.4) is 0 Å². The van der Waals surface area contributed by atoms with Crippen LogP contribution in [-0.2, 0) is 6.61 Å². The van der Waals surface area contributed by atoms with E-state index in [-0.39, 0.29) is 0 Å². The topological polar surface area (TPSA) is 53.1 Å². The monoisotopic (exact) mass is 493 g/mol. The van der Waals surface area contributed by atoms with Crippen LogP contribution in [-0.4, -0.2) is 14.8 Å². The molecule has 0 spiro atoms. The summed E-state index contributed by atoms with van der Waals surface area (Å²) in [5, 5.41) is 11.2. The molecular formula is C33H23N3O2. The van der Waals surface area contributed by atoms with Gasteiger partial charge in [0.05, 0.1) is 11.0 Å². The lowest BCUT2D eigenvalue weighted by Gasteiger charge is -2.08. The maximum atomic E-state index is 6.13. The van der Waals surface area contributed by atoms with Crippen LogP contribution in [0.1, 0.15) is 5.56 Å². The van der Waals surface area contributed by atoms with E-state index in [2.05, 4.69) is 75.4 Å². The molecule has 182 valence electrons. The third-order valence-corrected chi connectivity index (χ3v) is 6.69. The van der Waals surface area contributed by atoms with Crippen LogP contribution in [0.25, 0.3) is 50.4 Å². The van der Waals surface area contributed by atoms with E-state index in [1.54, 1.807) is 0 Å². The zero-order valence-corrected chi connectivity index (χ0v) is 20.5. The molecule has 38 heavy (non-hydrogen) atoms. The summed E-state index contributed by atoms with van der Waals surface area (Å²) in [5.41, 5.74) is 6.14. The maximum absolute atomic E-state index is 6.13. The van der Waals surface area contributed by atoms with E-state index < -0.39 is 0 Å². The van der Waals surface area contributed by atoms with Crippen LogP contribution in [0.4, 0.5) is 0 Å². The minimum absolute atomic E-state index is 0.451. The second-order valence-electron chi connectivity index (χ2n) is 9.13. The molecule has 0 aliphatic carbocycles. The summed E-state index contributed by atoms with van der Waals surface area (Å²) in [5.74, 6) is 1.67. The smallest absolute Gasteiger partial charge is 0.248 e. The summed E-state index contributed by atoms with van der Waals surface area (Å²) in [7, 11) is 0. The third kappa shape index (κ3) is 4.00. The van der Waals surface area contributed by atoms with Crippen LogP contribution in [0.5, 0.6) is 5.75 Å². The number of ether oxygens (including phenoxy) is 1. The Hall–Kier alpha value is -5.16. The number of benzene rings is 5. The van der Waals surface area contributed by atoms with E-state index in [0.29, 0.717) is 18.4 Å². The molecule has 7 rings (SSSR count). The number of para-hydroxylation sites is 2. The first-order valence-corrected chi connectivity index (χ1v) is 12.5. The van der Waals surface area contributed by atoms with Crippen LogP contribution in [0.15, 0.2) is 132 Å². The number of rotatable bonds is 6.